The Balaban J connectivity index is 1.68. The Morgan fingerprint density at radius 1 is 1.08 bits per heavy atom. The van der Waals surface area contributed by atoms with Crippen LogP contribution in [0.1, 0.15) is 16.2 Å². The number of aromatic nitrogens is 3. The Morgan fingerprint density at radius 2 is 1.88 bits per heavy atom. The van der Waals surface area contributed by atoms with Gasteiger partial charge in [0.05, 0.1) is 18.7 Å². The summed E-state index contributed by atoms with van der Waals surface area (Å²) in [4.78, 5) is 37.2. The van der Waals surface area contributed by atoms with E-state index in [2.05, 4.69) is 15.0 Å². The molecule has 3 aromatic rings. The van der Waals surface area contributed by atoms with Gasteiger partial charge in [0, 0.05) is 24.7 Å². The Morgan fingerprint density at radius 3 is 2.69 bits per heavy atom. The summed E-state index contributed by atoms with van der Waals surface area (Å²) >= 11 is 0. The van der Waals surface area contributed by atoms with E-state index in [1.54, 1.807) is 47.8 Å². The lowest BCUT2D eigenvalue weighted by atomic mass is 10.0. The number of pyridine rings is 1. The van der Waals surface area contributed by atoms with E-state index in [0.717, 1.165) is 11.1 Å². The Kier molecular flexibility index (Phi) is 4.18. The summed E-state index contributed by atoms with van der Waals surface area (Å²) in [7, 11) is 0. The fourth-order valence-electron chi connectivity index (χ4n) is 2.90. The maximum Gasteiger partial charge on any atom is 0.258 e. The highest BCUT2D eigenvalue weighted by atomic mass is 16.5. The number of H-pyrrole nitrogens is 1. The van der Waals surface area contributed by atoms with Gasteiger partial charge in [-0.15, -0.1) is 0 Å². The van der Waals surface area contributed by atoms with Crippen LogP contribution < -0.4 is 10.3 Å². The first-order valence-corrected chi connectivity index (χ1v) is 8.22. The predicted octanol–water partition coefficient (Wildman–Crippen LogP) is 1.87. The molecule has 1 aromatic carbocycles. The smallest absolute Gasteiger partial charge is 0.258 e. The second kappa shape index (κ2) is 6.79. The van der Waals surface area contributed by atoms with E-state index in [-0.39, 0.29) is 11.5 Å². The molecule has 1 N–H and O–H groups in total. The van der Waals surface area contributed by atoms with Crippen molar-refractivity contribution in [2.75, 3.05) is 13.2 Å². The molecule has 1 amide bonds. The molecule has 0 spiro atoms. The maximum atomic E-state index is 13.0. The van der Waals surface area contributed by atoms with Crippen molar-refractivity contribution in [2.45, 2.75) is 6.54 Å². The largest absolute Gasteiger partial charge is 0.491 e. The third kappa shape index (κ3) is 3.19. The molecule has 3 heterocycles. The van der Waals surface area contributed by atoms with Crippen LogP contribution in [-0.2, 0) is 6.54 Å². The molecule has 0 radical (unpaired) electrons. The monoisotopic (exact) mass is 348 g/mol. The predicted molar refractivity (Wildman–Crippen MR) is 94.8 cm³/mol. The van der Waals surface area contributed by atoms with Gasteiger partial charge in [-0.3, -0.25) is 9.59 Å². The molecular weight excluding hydrogens is 332 g/mol. The van der Waals surface area contributed by atoms with Crippen LogP contribution in [-0.4, -0.2) is 38.9 Å². The van der Waals surface area contributed by atoms with Crippen molar-refractivity contribution < 1.29 is 9.53 Å². The number of ether oxygens (including phenoxy) is 1. The minimum Gasteiger partial charge on any atom is -0.491 e. The summed E-state index contributed by atoms with van der Waals surface area (Å²) in [6.07, 6.45) is 4.89. The van der Waals surface area contributed by atoms with Gasteiger partial charge in [0.25, 0.3) is 5.91 Å². The summed E-state index contributed by atoms with van der Waals surface area (Å²) in [5.41, 5.74) is 1.80. The second-order valence-corrected chi connectivity index (χ2v) is 5.89. The molecule has 7 heteroatoms. The number of hydrogen-bond donors (Lipinski definition) is 1. The Hall–Kier alpha value is -3.48. The average Bonchev–Trinajstić information content (AvgIpc) is 2.82. The van der Waals surface area contributed by atoms with Crippen molar-refractivity contribution in [3.8, 4) is 16.9 Å². The third-order valence-electron chi connectivity index (χ3n) is 4.18. The van der Waals surface area contributed by atoms with Gasteiger partial charge in [-0.05, 0) is 35.4 Å². The SMILES string of the molecule is O=C1c2cc(-c3cc[nH]c(=O)c3)ccc2OCCN1Cc1ncccn1. The van der Waals surface area contributed by atoms with E-state index in [1.807, 2.05) is 6.07 Å². The first-order chi connectivity index (χ1) is 12.7. The lowest BCUT2D eigenvalue weighted by molar-refractivity contribution is 0.0738. The summed E-state index contributed by atoms with van der Waals surface area (Å²) in [5, 5.41) is 0. The molecule has 2 aromatic heterocycles. The molecule has 130 valence electrons. The molecule has 1 aliphatic rings. The van der Waals surface area contributed by atoms with Gasteiger partial charge in [-0.1, -0.05) is 6.07 Å². The topological polar surface area (TPSA) is 88.2 Å². The number of aromatic amines is 1. The molecule has 1 aliphatic heterocycles. The van der Waals surface area contributed by atoms with Crippen molar-refractivity contribution in [3.63, 3.8) is 0 Å². The normalized spacial score (nSPS) is 13.7. The van der Waals surface area contributed by atoms with E-state index >= 15 is 0 Å². The van der Waals surface area contributed by atoms with Crippen LogP contribution in [0.25, 0.3) is 11.1 Å². The van der Waals surface area contributed by atoms with Gasteiger partial charge in [0.1, 0.15) is 18.2 Å². The van der Waals surface area contributed by atoms with Crippen molar-refractivity contribution in [2.24, 2.45) is 0 Å². The van der Waals surface area contributed by atoms with Crippen LogP contribution >= 0.6 is 0 Å². The minimum atomic E-state index is -0.192. The summed E-state index contributed by atoms with van der Waals surface area (Å²) < 4.78 is 5.73. The fourth-order valence-corrected chi connectivity index (χ4v) is 2.90. The Labute approximate surface area is 149 Å². The number of rotatable bonds is 3. The summed E-state index contributed by atoms with van der Waals surface area (Å²) in [6.45, 7) is 1.17. The van der Waals surface area contributed by atoms with Crippen LogP contribution in [0.5, 0.6) is 5.75 Å². The number of carbonyl (C=O) groups is 1. The number of fused-ring (bicyclic) bond motifs is 1. The summed E-state index contributed by atoms with van der Waals surface area (Å²) in [6, 6.07) is 10.4. The van der Waals surface area contributed by atoms with E-state index < -0.39 is 0 Å². The summed E-state index contributed by atoms with van der Waals surface area (Å²) in [5.74, 6) is 0.978. The van der Waals surface area contributed by atoms with Gasteiger partial charge in [-0.2, -0.15) is 0 Å². The maximum absolute atomic E-state index is 13.0. The molecule has 0 unspecified atom stereocenters. The molecular formula is C19H16N4O3. The highest BCUT2D eigenvalue weighted by Crippen LogP contribution is 2.29. The molecule has 0 bridgehead atoms. The highest BCUT2D eigenvalue weighted by molar-refractivity contribution is 5.98. The molecule has 0 saturated carbocycles. The molecule has 0 fully saturated rings. The van der Waals surface area contributed by atoms with E-state index in [1.165, 1.54) is 6.07 Å². The average molecular weight is 348 g/mol. The number of carbonyl (C=O) groups excluding carboxylic acids is 1. The van der Waals surface area contributed by atoms with Crippen molar-refractivity contribution >= 4 is 5.91 Å². The van der Waals surface area contributed by atoms with Crippen LogP contribution in [0.15, 0.2) is 59.8 Å². The zero-order chi connectivity index (χ0) is 17.9. The number of benzene rings is 1. The lowest BCUT2D eigenvalue weighted by Gasteiger charge is -2.19. The van der Waals surface area contributed by atoms with E-state index in [4.69, 9.17) is 4.74 Å². The van der Waals surface area contributed by atoms with Crippen molar-refractivity contribution in [1.82, 2.24) is 19.9 Å². The molecule has 0 aliphatic carbocycles. The van der Waals surface area contributed by atoms with Crippen LogP contribution in [0.2, 0.25) is 0 Å². The van der Waals surface area contributed by atoms with Gasteiger partial charge in [0.2, 0.25) is 5.56 Å². The van der Waals surface area contributed by atoms with Crippen LogP contribution in [0, 0.1) is 0 Å². The fraction of sp³-hybridized carbons (Fsp3) is 0.158. The van der Waals surface area contributed by atoms with Crippen molar-refractivity contribution in [1.29, 1.82) is 0 Å². The van der Waals surface area contributed by atoms with Gasteiger partial charge in [-0.25, -0.2) is 9.97 Å². The van der Waals surface area contributed by atoms with Gasteiger partial charge < -0.3 is 14.6 Å². The molecule has 4 rings (SSSR count). The first-order valence-electron chi connectivity index (χ1n) is 8.22. The molecule has 0 saturated heterocycles. The first kappa shape index (κ1) is 16.0. The van der Waals surface area contributed by atoms with Gasteiger partial charge in [0.15, 0.2) is 0 Å². The number of nitrogens with zero attached hydrogens (tertiary/aromatic N) is 3. The molecule has 7 nitrogen and oxygen atoms in total. The standard InChI is InChI=1S/C19H16N4O3/c24-18-11-14(4-7-22-18)13-2-3-16-15(10-13)19(25)23(8-9-26-16)12-17-20-5-1-6-21-17/h1-7,10-11H,8-9,12H2,(H,22,24). The number of amides is 1. The van der Waals surface area contributed by atoms with Gasteiger partial charge >= 0.3 is 0 Å². The second-order valence-electron chi connectivity index (χ2n) is 5.89. The Bertz CT molecular complexity index is 1000. The quantitative estimate of drug-likeness (QED) is 0.781. The lowest BCUT2D eigenvalue weighted by Crippen LogP contribution is -2.32. The number of hydrogen-bond acceptors (Lipinski definition) is 5. The molecule has 0 atom stereocenters. The minimum absolute atomic E-state index is 0.142. The zero-order valence-corrected chi connectivity index (χ0v) is 13.9. The third-order valence-corrected chi connectivity index (χ3v) is 4.18. The number of nitrogens with one attached hydrogen (secondary N) is 1. The zero-order valence-electron chi connectivity index (χ0n) is 13.9. The van der Waals surface area contributed by atoms with E-state index in [9.17, 15) is 9.59 Å². The highest BCUT2D eigenvalue weighted by Gasteiger charge is 2.24. The van der Waals surface area contributed by atoms with Crippen LogP contribution in [0.3, 0.4) is 0 Å². The van der Waals surface area contributed by atoms with Crippen LogP contribution in [0.4, 0.5) is 0 Å². The van der Waals surface area contributed by atoms with Crippen molar-refractivity contribution in [3.05, 3.63) is 76.7 Å². The molecule has 26 heavy (non-hydrogen) atoms. The van der Waals surface area contributed by atoms with E-state index in [0.29, 0.717) is 36.8 Å².